The van der Waals surface area contributed by atoms with Gasteiger partial charge in [0.05, 0.1) is 4.90 Å². The minimum atomic E-state index is -4.74. The van der Waals surface area contributed by atoms with Crippen LogP contribution in [0.1, 0.15) is 27.2 Å². The molecule has 0 radical (unpaired) electrons. The minimum absolute atomic E-state index is 0.00558. The van der Waals surface area contributed by atoms with Gasteiger partial charge < -0.3 is 4.90 Å². The molecule has 0 unspecified atom stereocenters. The van der Waals surface area contributed by atoms with Gasteiger partial charge in [-0.1, -0.05) is 30.3 Å². The molecule has 13 heteroatoms. The fraction of sp³-hybridized carbons (Fsp3) is 0.138. The largest absolute Gasteiger partial charge is 0.433 e. The van der Waals surface area contributed by atoms with Crippen LogP contribution in [0.5, 0.6) is 0 Å². The number of aryl methyl sites for hydroxylation is 2. The zero-order chi connectivity index (χ0) is 30.7. The molecule has 1 N–H and O–H groups in total. The van der Waals surface area contributed by atoms with E-state index in [0.717, 1.165) is 39.6 Å². The molecule has 0 saturated heterocycles. The third-order valence-electron chi connectivity index (χ3n) is 6.23. The first-order valence-corrected chi connectivity index (χ1v) is 15.3. The maximum Gasteiger partial charge on any atom is 0.433 e. The molecule has 5 rings (SSSR count). The molecule has 0 saturated carbocycles. The molecule has 0 atom stereocenters. The highest BCUT2D eigenvalue weighted by atomic mass is 32.2. The molecule has 0 bridgehead atoms. The maximum atomic E-state index is 13.4. The Morgan fingerprint density at radius 1 is 0.952 bits per heavy atom. The van der Waals surface area contributed by atoms with Crippen LogP contribution in [0.2, 0.25) is 0 Å². The third-order valence-corrected chi connectivity index (χ3v) is 8.59. The number of alkyl halides is 3. The summed E-state index contributed by atoms with van der Waals surface area (Å²) < 4.78 is 69.6. The summed E-state index contributed by atoms with van der Waals surface area (Å²) >= 11 is 3.12. The van der Waals surface area contributed by atoms with Gasteiger partial charge in [0.1, 0.15) is 5.69 Å². The van der Waals surface area contributed by atoms with E-state index in [1.54, 1.807) is 16.2 Å². The first kappa shape index (κ1) is 31.0. The molecule has 42 heavy (non-hydrogen) atoms. The Kier molecular flexibility index (Phi) is 9.26. The summed E-state index contributed by atoms with van der Waals surface area (Å²) in [6.45, 7) is 4.02. The molecule has 2 aromatic carbocycles. The van der Waals surface area contributed by atoms with Crippen LogP contribution in [-0.4, -0.2) is 35.3 Å². The second-order valence-electron chi connectivity index (χ2n) is 9.14. The highest BCUT2D eigenvalue weighted by molar-refractivity contribution is 7.85. The topological polar surface area (TPSA) is 100 Å². The van der Waals surface area contributed by atoms with Crippen molar-refractivity contribution in [2.45, 2.75) is 24.9 Å². The fourth-order valence-corrected chi connectivity index (χ4v) is 5.73. The number of rotatable bonds is 5. The zero-order valence-corrected chi connectivity index (χ0v) is 24.9. The van der Waals surface area contributed by atoms with Crippen molar-refractivity contribution < 1.29 is 30.9 Å². The molecule has 0 aliphatic carbocycles. The number of pyridine rings is 1. The van der Waals surface area contributed by atoms with E-state index < -0.39 is 26.9 Å². The van der Waals surface area contributed by atoms with Crippen molar-refractivity contribution in [1.29, 1.82) is 0 Å². The number of aromatic nitrogens is 2. The predicted molar refractivity (Wildman–Crippen MR) is 159 cm³/mol. The Hall–Kier alpha value is -3.91. The number of thiophene rings is 1. The van der Waals surface area contributed by atoms with E-state index in [4.69, 9.17) is 4.55 Å². The van der Waals surface area contributed by atoms with Crippen LogP contribution in [0.15, 0.2) is 88.7 Å². The molecule has 0 aliphatic rings. The van der Waals surface area contributed by atoms with Gasteiger partial charge in [0, 0.05) is 46.5 Å². The van der Waals surface area contributed by atoms with E-state index in [9.17, 15) is 26.4 Å². The summed E-state index contributed by atoms with van der Waals surface area (Å²) in [5.41, 5.74) is 5.50. The van der Waals surface area contributed by atoms with Gasteiger partial charge in [0.25, 0.3) is 16.0 Å². The number of anilines is 1. The summed E-state index contributed by atoms with van der Waals surface area (Å²) in [7, 11) is -2.78. The quantitative estimate of drug-likeness (QED) is 0.199. The van der Waals surface area contributed by atoms with Gasteiger partial charge in [-0.15, -0.1) is 11.3 Å². The van der Waals surface area contributed by atoms with Crippen LogP contribution in [0.3, 0.4) is 0 Å². The summed E-state index contributed by atoms with van der Waals surface area (Å²) in [5, 5.41) is 4.06. The molecule has 3 heterocycles. The standard InChI is InChI=1S/C23H20N2OS2.C6H4F3NO3S/c1-15-6-8-17(19-13-24-28-14-19)11-20(15)23(26)25(3)21-12-18(9-7-16(21)2)22-5-4-10-27-22;7-6(8,9)5-3-4(1-2-10-5)14(11,12)13/h4-14H,1-3H3;1-3H,(H,11,12,13). The Morgan fingerprint density at radius 3 is 2.29 bits per heavy atom. The average Bonchev–Trinajstić information content (AvgIpc) is 3.68. The highest BCUT2D eigenvalue weighted by Crippen LogP contribution is 2.32. The maximum absolute atomic E-state index is 13.4. The normalized spacial score (nSPS) is 11.5. The SMILES string of the molecule is Cc1ccc(-c2cnsc2)cc1C(=O)N(C)c1cc(-c2cccs2)ccc1C.O=S(=O)(O)c1ccnc(C(F)(F)F)c1. The summed E-state index contributed by atoms with van der Waals surface area (Å²) in [5.74, 6) is -0.00558. The van der Waals surface area contributed by atoms with E-state index in [0.29, 0.717) is 11.8 Å². The number of nitrogens with zero attached hydrogens (tertiary/aromatic N) is 3. The summed E-state index contributed by atoms with van der Waals surface area (Å²) in [6, 6.07) is 17.5. The molecule has 0 aliphatic heterocycles. The fourth-order valence-electron chi connectivity index (χ4n) is 3.96. The van der Waals surface area contributed by atoms with Crippen molar-refractivity contribution >= 4 is 44.6 Å². The molecule has 7 nitrogen and oxygen atoms in total. The number of carbonyl (C=O) groups is 1. The van der Waals surface area contributed by atoms with E-state index in [1.165, 1.54) is 16.4 Å². The second kappa shape index (κ2) is 12.5. The lowest BCUT2D eigenvalue weighted by molar-refractivity contribution is -0.141. The monoisotopic (exact) mass is 631 g/mol. The molecule has 5 aromatic rings. The van der Waals surface area contributed by atoms with Crippen LogP contribution in [-0.2, 0) is 16.3 Å². The number of hydrogen-bond acceptors (Lipinski definition) is 7. The Bertz CT molecular complexity index is 1810. The van der Waals surface area contributed by atoms with Crippen molar-refractivity contribution in [3.05, 3.63) is 106 Å². The van der Waals surface area contributed by atoms with E-state index in [2.05, 4.69) is 39.0 Å². The van der Waals surface area contributed by atoms with Gasteiger partial charge in [-0.3, -0.25) is 14.3 Å². The number of halogens is 3. The minimum Gasteiger partial charge on any atom is -0.311 e. The number of benzene rings is 2. The first-order valence-electron chi connectivity index (χ1n) is 12.2. The zero-order valence-electron chi connectivity index (χ0n) is 22.5. The summed E-state index contributed by atoms with van der Waals surface area (Å²) in [6.07, 6.45) is -2.24. The van der Waals surface area contributed by atoms with Gasteiger partial charge in [-0.25, -0.2) is 4.37 Å². The second-order valence-corrected chi connectivity index (χ2v) is 12.2. The van der Waals surface area contributed by atoms with E-state index in [1.807, 2.05) is 56.7 Å². The first-order chi connectivity index (χ1) is 19.8. The summed E-state index contributed by atoms with van der Waals surface area (Å²) in [4.78, 5) is 18.4. The van der Waals surface area contributed by atoms with Crippen molar-refractivity contribution in [2.75, 3.05) is 11.9 Å². The van der Waals surface area contributed by atoms with Crippen molar-refractivity contribution in [2.24, 2.45) is 0 Å². The Labute approximate surface area is 248 Å². The smallest absolute Gasteiger partial charge is 0.311 e. The molecule has 0 fully saturated rings. The molecular formula is C29H24F3N3O4S3. The van der Waals surface area contributed by atoms with Crippen LogP contribution in [0.25, 0.3) is 21.6 Å². The van der Waals surface area contributed by atoms with Gasteiger partial charge in [-0.2, -0.15) is 21.6 Å². The average molecular weight is 632 g/mol. The molecule has 0 spiro atoms. The van der Waals surface area contributed by atoms with Gasteiger partial charge in [-0.05, 0) is 83.3 Å². The van der Waals surface area contributed by atoms with Crippen LogP contribution >= 0.6 is 22.9 Å². The lowest BCUT2D eigenvalue weighted by Crippen LogP contribution is -2.27. The molecule has 3 aromatic heterocycles. The third kappa shape index (κ3) is 7.29. The molecule has 1 amide bonds. The van der Waals surface area contributed by atoms with Crippen LogP contribution < -0.4 is 4.90 Å². The lowest BCUT2D eigenvalue weighted by atomic mass is 10.0. The number of hydrogen-bond donors (Lipinski definition) is 1. The predicted octanol–water partition coefficient (Wildman–Crippen LogP) is 7.78. The van der Waals surface area contributed by atoms with E-state index >= 15 is 0 Å². The Balaban J connectivity index is 0.000000244. The lowest BCUT2D eigenvalue weighted by Gasteiger charge is -2.22. The van der Waals surface area contributed by atoms with Crippen molar-refractivity contribution in [3.63, 3.8) is 0 Å². The van der Waals surface area contributed by atoms with Gasteiger partial charge in [0.15, 0.2) is 0 Å². The Morgan fingerprint density at radius 2 is 1.67 bits per heavy atom. The highest BCUT2D eigenvalue weighted by Gasteiger charge is 2.33. The van der Waals surface area contributed by atoms with Gasteiger partial charge >= 0.3 is 6.18 Å². The van der Waals surface area contributed by atoms with E-state index in [-0.39, 0.29) is 12.0 Å². The van der Waals surface area contributed by atoms with Crippen molar-refractivity contribution in [3.8, 4) is 21.6 Å². The van der Waals surface area contributed by atoms with Gasteiger partial charge in [0.2, 0.25) is 0 Å². The molecule has 218 valence electrons. The van der Waals surface area contributed by atoms with Crippen molar-refractivity contribution in [1.82, 2.24) is 9.36 Å². The number of amides is 1. The van der Waals surface area contributed by atoms with Crippen LogP contribution in [0.4, 0.5) is 18.9 Å². The number of carbonyl (C=O) groups excluding carboxylic acids is 1. The molecular weight excluding hydrogens is 608 g/mol. The van der Waals surface area contributed by atoms with Crippen LogP contribution in [0, 0.1) is 13.8 Å².